The van der Waals surface area contributed by atoms with Crippen LogP contribution in [0.5, 0.6) is 5.75 Å². The van der Waals surface area contributed by atoms with Crippen LogP contribution in [0, 0.1) is 20.8 Å². The lowest BCUT2D eigenvalue weighted by Crippen LogP contribution is -2.22. The van der Waals surface area contributed by atoms with Crippen LogP contribution >= 0.6 is 0 Å². The van der Waals surface area contributed by atoms with E-state index in [1.165, 1.54) is 5.56 Å². The Bertz CT molecular complexity index is 692. The van der Waals surface area contributed by atoms with Gasteiger partial charge in [0.2, 0.25) is 0 Å². The van der Waals surface area contributed by atoms with E-state index in [4.69, 9.17) is 4.74 Å². The summed E-state index contributed by atoms with van der Waals surface area (Å²) in [7, 11) is 0. The number of benzene rings is 2. The third-order valence-corrected chi connectivity index (χ3v) is 4.13. The maximum absolute atomic E-state index is 12.7. The third-order valence-electron chi connectivity index (χ3n) is 4.13. The predicted octanol–water partition coefficient (Wildman–Crippen LogP) is 5.13. The Balaban J connectivity index is 2.53. The summed E-state index contributed by atoms with van der Waals surface area (Å²) in [5.74, 6) is 0.293. The molecule has 0 aliphatic heterocycles. The molecule has 2 rings (SSSR count). The van der Waals surface area contributed by atoms with Crippen LogP contribution in [-0.4, -0.2) is 5.97 Å². The Morgan fingerprint density at radius 3 is 2.09 bits per heavy atom. The number of hydrogen-bond acceptors (Lipinski definition) is 2. The van der Waals surface area contributed by atoms with Gasteiger partial charge in [0.15, 0.2) is 0 Å². The zero-order valence-corrected chi connectivity index (χ0v) is 14.3. The molecule has 0 radical (unpaired) electrons. The monoisotopic (exact) mass is 296 g/mol. The minimum Gasteiger partial charge on any atom is -0.423 e. The molecule has 0 atom stereocenters. The Kier molecular flexibility index (Phi) is 4.41. The molecule has 2 heteroatoms. The van der Waals surface area contributed by atoms with Crippen molar-refractivity contribution in [2.45, 2.75) is 47.0 Å². The molecule has 0 heterocycles. The first-order chi connectivity index (χ1) is 10.2. The smallest absolute Gasteiger partial charge is 0.344 e. The molecule has 2 aromatic rings. The first kappa shape index (κ1) is 16.3. The molecule has 0 amide bonds. The van der Waals surface area contributed by atoms with Crippen molar-refractivity contribution in [3.8, 4) is 5.75 Å². The average Bonchev–Trinajstić information content (AvgIpc) is 2.44. The largest absolute Gasteiger partial charge is 0.423 e. The van der Waals surface area contributed by atoms with Gasteiger partial charge in [0, 0.05) is 0 Å². The molecule has 0 unspecified atom stereocenters. The summed E-state index contributed by atoms with van der Waals surface area (Å²) in [4.78, 5) is 12.7. The summed E-state index contributed by atoms with van der Waals surface area (Å²) in [6.45, 7) is 12.5. The van der Waals surface area contributed by atoms with E-state index in [0.717, 1.165) is 16.7 Å². The lowest BCUT2D eigenvalue weighted by Gasteiger charge is -2.25. The fourth-order valence-corrected chi connectivity index (χ4v) is 2.58. The highest BCUT2D eigenvalue weighted by Crippen LogP contribution is 2.32. The quantitative estimate of drug-likeness (QED) is 0.567. The Morgan fingerprint density at radius 1 is 0.955 bits per heavy atom. The maximum Gasteiger partial charge on any atom is 0.344 e. The molecule has 0 spiro atoms. The second kappa shape index (κ2) is 5.96. The Labute approximate surface area is 133 Å². The normalized spacial score (nSPS) is 11.4. The van der Waals surface area contributed by atoms with E-state index in [1.54, 1.807) is 12.1 Å². The van der Waals surface area contributed by atoms with E-state index in [0.29, 0.717) is 11.3 Å². The van der Waals surface area contributed by atoms with Crippen molar-refractivity contribution in [1.82, 2.24) is 0 Å². The molecule has 0 bridgehead atoms. The van der Waals surface area contributed by atoms with Gasteiger partial charge >= 0.3 is 5.97 Å². The molecule has 116 valence electrons. The van der Waals surface area contributed by atoms with Crippen LogP contribution in [0.15, 0.2) is 36.4 Å². The lowest BCUT2D eigenvalue weighted by atomic mass is 9.80. The summed E-state index contributed by atoms with van der Waals surface area (Å²) in [5.41, 5.74) is 4.97. The van der Waals surface area contributed by atoms with Crippen LogP contribution in [0.4, 0.5) is 0 Å². The first-order valence-corrected chi connectivity index (χ1v) is 7.60. The Morgan fingerprint density at radius 2 is 1.55 bits per heavy atom. The number of para-hydroxylation sites is 1. The van der Waals surface area contributed by atoms with Crippen LogP contribution < -0.4 is 4.74 Å². The minimum atomic E-state index is -0.281. The van der Waals surface area contributed by atoms with Crippen LogP contribution in [0.25, 0.3) is 0 Å². The summed E-state index contributed by atoms with van der Waals surface area (Å²) in [6.07, 6.45) is 0. The van der Waals surface area contributed by atoms with Crippen molar-refractivity contribution in [2.75, 3.05) is 0 Å². The van der Waals surface area contributed by atoms with E-state index in [-0.39, 0.29) is 11.4 Å². The molecule has 0 saturated carbocycles. The van der Waals surface area contributed by atoms with Gasteiger partial charge in [-0.1, -0.05) is 45.0 Å². The first-order valence-electron chi connectivity index (χ1n) is 7.60. The van der Waals surface area contributed by atoms with Gasteiger partial charge in [-0.25, -0.2) is 4.79 Å². The number of carbonyl (C=O) groups is 1. The topological polar surface area (TPSA) is 26.3 Å². The number of hydrogen-bond donors (Lipinski definition) is 0. The number of esters is 1. The van der Waals surface area contributed by atoms with Crippen LogP contribution in [-0.2, 0) is 5.41 Å². The summed E-state index contributed by atoms with van der Waals surface area (Å²) in [6, 6.07) is 11.3. The second-order valence-corrected chi connectivity index (χ2v) is 6.82. The van der Waals surface area contributed by atoms with Crippen LogP contribution in [0.2, 0.25) is 0 Å². The van der Waals surface area contributed by atoms with Gasteiger partial charge in [-0.2, -0.15) is 0 Å². The van der Waals surface area contributed by atoms with Crippen molar-refractivity contribution in [3.05, 3.63) is 64.2 Å². The molecule has 2 aromatic carbocycles. The second-order valence-electron chi connectivity index (χ2n) is 6.82. The molecule has 2 nitrogen and oxygen atoms in total. The highest BCUT2D eigenvalue weighted by molar-refractivity contribution is 5.95. The molecule has 22 heavy (non-hydrogen) atoms. The molecule has 0 aliphatic rings. The number of rotatable bonds is 2. The van der Waals surface area contributed by atoms with Gasteiger partial charge < -0.3 is 4.74 Å². The third kappa shape index (κ3) is 3.22. The molecule has 0 aromatic heterocycles. The fourth-order valence-electron chi connectivity index (χ4n) is 2.58. The van der Waals surface area contributed by atoms with Crippen LogP contribution in [0.3, 0.4) is 0 Å². The van der Waals surface area contributed by atoms with Crippen molar-refractivity contribution >= 4 is 5.97 Å². The average molecular weight is 296 g/mol. The van der Waals surface area contributed by atoms with Crippen molar-refractivity contribution < 1.29 is 9.53 Å². The molecule has 0 N–H and O–H groups in total. The lowest BCUT2D eigenvalue weighted by molar-refractivity contribution is 0.0731. The SMILES string of the molecule is Cc1cc(C(C)(C)C)c(C(=O)Oc2ccccc2)c(C)c1C. The van der Waals surface area contributed by atoms with Crippen LogP contribution in [0.1, 0.15) is 53.4 Å². The highest BCUT2D eigenvalue weighted by Gasteiger charge is 2.26. The Hall–Kier alpha value is -2.09. The van der Waals surface area contributed by atoms with E-state index >= 15 is 0 Å². The highest BCUT2D eigenvalue weighted by atomic mass is 16.5. The van der Waals surface area contributed by atoms with E-state index in [1.807, 2.05) is 25.1 Å². The summed E-state index contributed by atoms with van der Waals surface area (Å²) in [5, 5.41) is 0. The van der Waals surface area contributed by atoms with E-state index in [9.17, 15) is 4.79 Å². The van der Waals surface area contributed by atoms with Gasteiger partial charge in [-0.15, -0.1) is 0 Å². The van der Waals surface area contributed by atoms with E-state index in [2.05, 4.69) is 40.7 Å². The zero-order valence-electron chi connectivity index (χ0n) is 14.3. The minimum absolute atomic E-state index is 0.117. The van der Waals surface area contributed by atoms with Gasteiger partial charge in [-0.05, 0) is 60.6 Å². The van der Waals surface area contributed by atoms with Gasteiger partial charge in [-0.3, -0.25) is 0 Å². The predicted molar refractivity (Wildman–Crippen MR) is 90.8 cm³/mol. The molecule has 0 aliphatic carbocycles. The van der Waals surface area contributed by atoms with Crippen molar-refractivity contribution in [1.29, 1.82) is 0 Å². The molecule has 0 fully saturated rings. The fraction of sp³-hybridized carbons (Fsp3) is 0.350. The summed E-state index contributed by atoms with van der Waals surface area (Å²) < 4.78 is 5.57. The maximum atomic E-state index is 12.7. The number of carbonyl (C=O) groups excluding carboxylic acids is 1. The van der Waals surface area contributed by atoms with Crippen molar-refractivity contribution in [2.24, 2.45) is 0 Å². The van der Waals surface area contributed by atoms with Gasteiger partial charge in [0.25, 0.3) is 0 Å². The number of aryl methyl sites for hydroxylation is 1. The molecular weight excluding hydrogens is 272 g/mol. The van der Waals surface area contributed by atoms with Gasteiger partial charge in [0.05, 0.1) is 5.56 Å². The molecule has 0 saturated heterocycles. The van der Waals surface area contributed by atoms with Crippen molar-refractivity contribution in [3.63, 3.8) is 0 Å². The standard InChI is InChI=1S/C20H24O2/c1-13-12-17(20(4,5)6)18(15(3)14(13)2)19(21)22-16-10-8-7-9-11-16/h7-12H,1-6H3. The van der Waals surface area contributed by atoms with Gasteiger partial charge in [0.1, 0.15) is 5.75 Å². The number of ether oxygens (including phenoxy) is 1. The zero-order chi connectivity index (χ0) is 16.5. The van der Waals surface area contributed by atoms with E-state index < -0.39 is 0 Å². The molecular formula is C20H24O2. The summed E-state index contributed by atoms with van der Waals surface area (Å²) >= 11 is 0.